The number of nitriles is 1. The minimum atomic E-state index is -1.29. The SMILES string of the molecule is COc1ccc(NC(C)=O)cc1-c1cc2onc(C(=O)Nc3ccc(C#N)cc3C(=O)O)c2cc1C. The molecule has 0 aliphatic carbocycles. The van der Waals surface area contributed by atoms with Crippen molar-refractivity contribution in [2.24, 2.45) is 0 Å². The lowest BCUT2D eigenvalue weighted by Gasteiger charge is -2.13. The van der Waals surface area contributed by atoms with Crippen LogP contribution in [0, 0.1) is 18.3 Å². The van der Waals surface area contributed by atoms with Crippen LogP contribution in [0.5, 0.6) is 5.75 Å². The Bertz CT molecular complexity index is 1580. The number of carboxylic acids is 1. The summed E-state index contributed by atoms with van der Waals surface area (Å²) >= 11 is 0. The number of rotatable bonds is 6. The number of aromatic nitrogens is 1. The monoisotopic (exact) mass is 484 g/mol. The largest absolute Gasteiger partial charge is 0.496 e. The Kier molecular flexibility index (Phi) is 6.39. The van der Waals surface area contributed by atoms with Crippen molar-refractivity contribution in [3.05, 3.63) is 70.9 Å². The van der Waals surface area contributed by atoms with E-state index in [1.807, 2.05) is 13.0 Å². The van der Waals surface area contributed by atoms with Crippen LogP contribution in [0.15, 0.2) is 53.1 Å². The topological polar surface area (TPSA) is 155 Å². The highest BCUT2D eigenvalue weighted by Gasteiger charge is 2.21. The first-order valence-electron chi connectivity index (χ1n) is 10.7. The molecule has 3 aromatic carbocycles. The number of anilines is 2. The molecule has 10 nitrogen and oxygen atoms in total. The number of nitrogens with one attached hydrogen (secondary N) is 2. The van der Waals surface area contributed by atoms with Gasteiger partial charge in [-0.1, -0.05) is 5.16 Å². The van der Waals surface area contributed by atoms with Gasteiger partial charge in [0.15, 0.2) is 11.3 Å². The maximum atomic E-state index is 13.0. The summed E-state index contributed by atoms with van der Waals surface area (Å²) in [7, 11) is 1.54. The van der Waals surface area contributed by atoms with Crippen LogP contribution < -0.4 is 15.4 Å². The Balaban J connectivity index is 1.73. The Morgan fingerprint density at radius 1 is 1.06 bits per heavy atom. The third-order valence-corrected chi connectivity index (χ3v) is 5.47. The first-order valence-corrected chi connectivity index (χ1v) is 10.7. The van der Waals surface area contributed by atoms with Gasteiger partial charge in [0, 0.05) is 18.2 Å². The number of hydrogen-bond donors (Lipinski definition) is 3. The maximum Gasteiger partial charge on any atom is 0.337 e. The summed E-state index contributed by atoms with van der Waals surface area (Å²) in [6.45, 7) is 3.26. The number of hydrogen-bond acceptors (Lipinski definition) is 7. The first kappa shape index (κ1) is 24.0. The summed E-state index contributed by atoms with van der Waals surface area (Å²) in [6, 6.07) is 14.5. The molecule has 0 fully saturated rings. The third-order valence-electron chi connectivity index (χ3n) is 5.47. The van der Waals surface area contributed by atoms with Gasteiger partial charge in [-0.3, -0.25) is 9.59 Å². The highest BCUT2D eigenvalue weighted by Crippen LogP contribution is 2.37. The quantitative estimate of drug-likeness (QED) is 0.359. The summed E-state index contributed by atoms with van der Waals surface area (Å²) in [4.78, 5) is 36.1. The zero-order valence-corrected chi connectivity index (χ0v) is 19.5. The van der Waals surface area contributed by atoms with Gasteiger partial charge in [0.1, 0.15) is 5.75 Å². The van der Waals surface area contributed by atoms with E-state index < -0.39 is 11.9 Å². The van der Waals surface area contributed by atoms with E-state index >= 15 is 0 Å². The van der Waals surface area contributed by atoms with Gasteiger partial charge in [-0.2, -0.15) is 5.26 Å². The Labute approximate surface area is 205 Å². The number of carboxylic acid groups (broad SMARTS) is 1. The van der Waals surface area contributed by atoms with Crippen molar-refractivity contribution >= 4 is 40.1 Å². The predicted octanol–water partition coefficient (Wildman–Crippen LogP) is 4.59. The van der Waals surface area contributed by atoms with Crippen LogP contribution in [-0.4, -0.2) is 35.2 Å². The molecule has 0 atom stereocenters. The molecule has 2 amide bonds. The number of nitrogens with zero attached hydrogens (tertiary/aromatic N) is 2. The van der Waals surface area contributed by atoms with E-state index in [-0.39, 0.29) is 28.4 Å². The van der Waals surface area contributed by atoms with Gasteiger partial charge in [-0.15, -0.1) is 0 Å². The second-order valence-electron chi connectivity index (χ2n) is 7.92. The summed E-state index contributed by atoms with van der Waals surface area (Å²) in [5, 5.41) is 28.1. The van der Waals surface area contributed by atoms with Crippen LogP contribution in [0.4, 0.5) is 11.4 Å². The van der Waals surface area contributed by atoms with E-state index in [0.717, 1.165) is 11.1 Å². The van der Waals surface area contributed by atoms with Crippen molar-refractivity contribution < 1.29 is 28.8 Å². The molecule has 0 unspecified atom stereocenters. The number of carbonyl (C=O) groups excluding carboxylic acids is 2. The number of carbonyl (C=O) groups is 3. The second kappa shape index (κ2) is 9.60. The lowest BCUT2D eigenvalue weighted by Crippen LogP contribution is -2.15. The fourth-order valence-electron chi connectivity index (χ4n) is 3.83. The van der Waals surface area contributed by atoms with Crippen molar-refractivity contribution in [1.82, 2.24) is 5.16 Å². The van der Waals surface area contributed by atoms with Crippen molar-refractivity contribution in [2.45, 2.75) is 13.8 Å². The van der Waals surface area contributed by atoms with Crippen molar-refractivity contribution in [2.75, 3.05) is 17.7 Å². The molecule has 0 spiro atoms. The van der Waals surface area contributed by atoms with Gasteiger partial charge in [0.05, 0.1) is 35.4 Å². The molecule has 0 radical (unpaired) electrons. The minimum absolute atomic E-state index is 0.0236. The number of benzene rings is 3. The van der Waals surface area contributed by atoms with Crippen molar-refractivity contribution in [1.29, 1.82) is 5.26 Å². The summed E-state index contributed by atoms with van der Waals surface area (Å²) in [5.74, 6) is -1.59. The van der Waals surface area contributed by atoms with Gasteiger partial charge in [-0.05, 0) is 66.6 Å². The fourth-order valence-corrected chi connectivity index (χ4v) is 3.83. The molecule has 0 aliphatic rings. The van der Waals surface area contributed by atoms with E-state index in [0.29, 0.717) is 28.0 Å². The van der Waals surface area contributed by atoms with Crippen LogP contribution in [0.3, 0.4) is 0 Å². The second-order valence-corrected chi connectivity index (χ2v) is 7.92. The Morgan fingerprint density at radius 2 is 1.83 bits per heavy atom. The summed E-state index contributed by atoms with van der Waals surface area (Å²) in [5.41, 5.74) is 3.07. The molecule has 36 heavy (non-hydrogen) atoms. The predicted molar refractivity (Wildman–Crippen MR) is 131 cm³/mol. The van der Waals surface area contributed by atoms with Gasteiger partial charge in [0.2, 0.25) is 5.91 Å². The average Bonchev–Trinajstić information content (AvgIpc) is 3.26. The Morgan fingerprint density at radius 3 is 2.50 bits per heavy atom. The molecule has 10 heteroatoms. The van der Waals surface area contributed by atoms with E-state index in [1.54, 1.807) is 30.3 Å². The van der Waals surface area contributed by atoms with E-state index in [2.05, 4.69) is 15.8 Å². The zero-order chi connectivity index (χ0) is 26.0. The standard InChI is InChI=1S/C26H20N4O6/c1-13-8-20-23(11-17(13)18-10-16(28-14(2)31)5-7-22(18)35-3)36-30-24(20)25(32)29-21-6-4-15(12-27)9-19(21)26(33)34/h4-11H,1-3H3,(H,28,31)(H,29,32)(H,33,34). The summed E-state index contributed by atoms with van der Waals surface area (Å²) in [6.07, 6.45) is 0. The number of aromatic carboxylic acids is 1. The number of aryl methyl sites for hydroxylation is 1. The van der Waals surface area contributed by atoms with Crippen LogP contribution in [-0.2, 0) is 4.79 Å². The average molecular weight is 484 g/mol. The van der Waals surface area contributed by atoms with Crippen LogP contribution in [0.2, 0.25) is 0 Å². The maximum absolute atomic E-state index is 13.0. The smallest absolute Gasteiger partial charge is 0.337 e. The molecule has 180 valence electrons. The molecular weight excluding hydrogens is 464 g/mol. The van der Waals surface area contributed by atoms with Gasteiger partial charge >= 0.3 is 5.97 Å². The number of ether oxygens (including phenoxy) is 1. The molecule has 1 aromatic heterocycles. The van der Waals surface area contributed by atoms with Gasteiger partial charge in [0.25, 0.3) is 5.91 Å². The molecule has 0 saturated carbocycles. The van der Waals surface area contributed by atoms with E-state index in [9.17, 15) is 19.5 Å². The normalized spacial score (nSPS) is 10.5. The Hall–Kier alpha value is -5.17. The molecule has 0 saturated heterocycles. The first-order chi connectivity index (χ1) is 17.2. The van der Waals surface area contributed by atoms with Gasteiger partial charge < -0.3 is 25.0 Å². The third kappa shape index (κ3) is 4.58. The van der Waals surface area contributed by atoms with Gasteiger partial charge in [-0.25, -0.2) is 4.79 Å². The van der Waals surface area contributed by atoms with Crippen LogP contribution >= 0.6 is 0 Å². The number of fused-ring (bicyclic) bond motifs is 1. The highest BCUT2D eigenvalue weighted by molar-refractivity contribution is 6.13. The molecule has 4 aromatic rings. The number of methoxy groups -OCH3 is 1. The fraction of sp³-hybridized carbons (Fsp3) is 0.115. The molecule has 1 heterocycles. The molecule has 0 aliphatic heterocycles. The molecular formula is C26H20N4O6. The van der Waals surface area contributed by atoms with E-state index in [4.69, 9.17) is 14.5 Å². The van der Waals surface area contributed by atoms with Crippen molar-refractivity contribution in [3.63, 3.8) is 0 Å². The zero-order valence-electron chi connectivity index (χ0n) is 19.5. The minimum Gasteiger partial charge on any atom is -0.496 e. The molecule has 4 rings (SSSR count). The van der Waals surface area contributed by atoms with E-state index in [1.165, 1.54) is 32.2 Å². The summed E-state index contributed by atoms with van der Waals surface area (Å²) < 4.78 is 10.9. The van der Waals surface area contributed by atoms with Crippen LogP contribution in [0.1, 0.15) is 38.9 Å². The van der Waals surface area contributed by atoms with Crippen LogP contribution in [0.25, 0.3) is 22.1 Å². The molecule has 3 N–H and O–H groups in total. The lowest BCUT2D eigenvalue weighted by molar-refractivity contribution is -0.114. The lowest BCUT2D eigenvalue weighted by atomic mass is 9.97. The highest BCUT2D eigenvalue weighted by atomic mass is 16.5. The number of amides is 2. The van der Waals surface area contributed by atoms with Crippen molar-refractivity contribution in [3.8, 4) is 22.9 Å². The molecule has 0 bridgehead atoms.